The summed E-state index contributed by atoms with van der Waals surface area (Å²) in [5.41, 5.74) is 1.78. The summed E-state index contributed by atoms with van der Waals surface area (Å²) < 4.78 is 45.4. The van der Waals surface area contributed by atoms with Crippen LogP contribution in [-0.2, 0) is 16.4 Å². The number of ether oxygens (including phenoxy) is 1. The number of sulfonamides is 1. The molecule has 2 N–H and O–H groups in total. The zero-order valence-electron chi connectivity index (χ0n) is 17.0. The van der Waals surface area contributed by atoms with Gasteiger partial charge >= 0.3 is 0 Å². The van der Waals surface area contributed by atoms with Gasteiger partial charge in [-0.3, -0.25) is 9.52 Å². The number of hydrogen-bond donors (Lipinski definition) is 2. The maximum absolute atomic E-state index is 12.9. The standard InChI is InChI=1S/C23H23FN2O4S/c1-30-21-12-14-22(15-13-21)31(28,29)26-20-10-6-18(7-11-20)23(27)25-16-2-3-17-4-8-19(24)9-5-17/h4-15,26H,2-3,16H2,1H3,(H,25,27). The van der Waals surface area contributed by atoms with E-state index in [1.54, 1.807) is 36.4 Å². The van der Waals surface area contributed by atoms with E-state index in [1.165, 1.54) is 43.5 Å². The lowest BCUT2D eigenvalue weighted by Gasteiger charge is -2.10. The van der Waals surface area contributed by atoms with E-state index in [4.69, 9.17) is 4.74 Å². The molecule has 3 aromatic carbocycles. The minimum atomic E-state index is -3.75. The second kappa shape index (κ2) is 10.1. The van der Waals surface area contributed by atoms with Crippen molar-refractivity contribution in [1.29, 1.82) is 0 Å². The van der Waals surface area contributed by atoms with Gasteiger partial charge in [0.2, 0.25) is 0 Å². The van der Waals surface area contributed by atoms with Crippen molar-refractivity contribution < 1.29 is 22.3 Å². The molecule has 0 fully saturated rings. The third-order valence-corrected chi connectivity index (χ3v) is 6.01. The smallest absolute Gasteiger partial charge is 0.261 e. The molecule has 0 atom stereocenters. The number of benzene rings is 3. The van der Waals surface area contributed by atoms with Crippen molar-refractivity contribution in [1.82, 2.24) is 5.32 Å². The molecule has 3 aromatic rings. The maximum Gasteiger partial charge on any atom is 0.261 e. The van der Waals surface area contributed by atoms with Gasteiger partial charge in [-0.15, -0.1) is 0 Å². The van der Waals surface area contributed by atoms with E-state index < -0.39 is 10.0 Å². The molecule has 6 nitrogen and oxygen atoms in total. The fourth-order valence-corrected chi connectivity index (χ4v) is 3.96. The van der Waals surface area contributed by atoms with Crippen molar-refractivity contribution in [2.24, 2.45) is 0 Å². The number of aryl methyl sites for hydroxylation is 1. The summed E-state index contributed by atoms with van der Waals surface area (Å²) in [4.78, 5) is 12.4. The van der Waals surface area contributed by atoms with Crippen LogP contribution in [0, 0.1) is 5.82 Å². The largest absolute Gasteiger partial charge is 0.497 e. The fraction of sp³-hybridized carbons (Fsp3) is 0.174. The van der Waals surface area contributed by atoms with Crippen molar-refractivity contribution in [3.8, 4) is 5.75 Å². The van der Waals surface area contributed by atoms with Crippen LogP contribution in [0.2, 0.25) is 0 Å². The second-order valence-corrected chi connectivity index (χ2v) is 8.53. The first-order valence-electron chi connectivity index (χ1n) is 9.67. The van der Waals surface area contributed by atoms with Crippen molar-refractivity contribution in [3.05, 3.63) is 89.7 Å². The zero-order chi connectivity index (χ0) is 22.3. The number of methoxy groups -OCH3 is 1. The van der Waals surface area contributed by atoms with Crippen LogP contribution in [0.4, 0.5) is 10.1 Å². The highest BCUT2D eigenvalue weighted by atomic mass is 32.2. The Morgan fingerprint density at radius 3 is 2.19 bits per heavy atom. The molecule has 1 amide bonds. The van der Waals surface area contributed by atoms with Crippen LogP contribution in [-0.4, -0.2) is 28.0 Å². The average molecular weight is 443 g/mol. The molecule has 0 aliphatic rings. The maximum atomic E-state index is 12.9. The Labute approximate surface area is 181 Å². The van der Waals surface area contributed by atoms with Crippen LogP contribution in [0.15, 0.2) is 77.7 Å². The molecule has 0 saturated heterocycles. The summed E-state index contributed by atoms with van der Waals surface area (Å²) in [6, 6.07) is 18.5. The summed E-state index contributed by atoms with van der Waals surface area (Å²) in [7, 11) is -2.24. The molecule has 0 spiro atoms. The number of carbonyl (C=O) groups excluding carboxylic acids is 1. The number of amides is 1. The van der Waals surface area contributed by atoms with E-state index in [0.717, 1.165) is 18.4 Å². The van der Waals surface area contributed by atoms with Gasteiger partial charge in [0.05, 0.1) is 12.0 Å². The minimum Gasteiger partial charge on any atom is -0.497 e. The molecule has 0 bridgehead atoms. The molecule has 0 radical (unpaired) electrons. The third kappa shape index (κ3) is 6.29. The van der Waals surface area contributed by atoms with Gasteiger partial charge in [0.15, 0.2) is 0 Å². The van der Waals surface area contributed by atoms with E-state index in [0.29, 0.717) is 23.5 Å². The average Bonchev–Trinajstić information content (AvgIpc) is 2.78. The summed E-state index contributed by atoms with van der Waals surface area (Å²) in [6.07, 6.45) is 1.45. The van der Waals surface area contributed by atoms with E-state index in [-0.39, 0.29) is 16.6 Å². The van der Waals surface area contributed by atoms with Crippen molar-refractivity contribution >= 4 is 21.6 Å². The van der Waals surface area contributed by atoms with Gasteiger partial charge in [0.25, 0.3) is 15.9 Å². The van der Waals surface area contributed by atoms with Gasteiger partial charge < -0.3 is 10.1 Å². The Morgan fingerprint density at radius 1 is 0.935 bits per heavy atom. The second-order valence-electron chi connectivity index (χ2n) is 6.84. The Bertz CT molecular complexity index is 1110. The van der Waals surface area contributed by atoms with Gasteiger partial charge in [-0.1, -0.05) is 12.1 Å². The van der Waals surface area contributed by atoms with E-state index in [2.05, 4.69) is 10.0 Å². The summed E-state index contributed by atoms with van der Waals surface area (Å²) in [6.45, 7) is 0.474. The van der Waals surface area contributed by atoms with Crippen LogP contribution in [0.5, 0.6) is 5.75 Å². The first-order chi connectivity index (χ1) is 14.9. The number of nitrogens with one attached hydrogen (secondary N) is 2. The van der Waals surface area contributed by atoms with Crippen LogP contribution >= 0.6 is 0 Å². The molecule has 162 valence electrons. The van der Waals surface area contributed by atoms with Crippen LogP contribution in [0.3, 0.4) is 0 Å². The van der Waals surface area contributed by atoms with Gasteiger partial charge in [0, 0.05) is 17.8 Å². The molecule has 0 aliphatic heterocycles. The monoisotopic (exact) mass is 442 g/mol. The predicted molar refractivity (Wildman–Crippen MR) is 117 cm³/mol. The van der Waals surface area contributed by atoms with Gasteiger partial charge in [-0.05, 0) is 79.1 Å². The Hall–Kier alpha value is -3.39. The van der Waals surface area contributed by atoms with Gasteiger partial charge in [-0.25, -0.2) is 12.8 Å². The lowest BCUT2D eigenvalue weighted by atomic mass is 10.1. The Balaban J connectivity index is 1.51. The summed E-state index contributed by atoms with van der Waals surface area (Å²) in [5, 5.41) is 2.82. The van der Waals surface area contributed by atoms with Gasteiger partial charge in [-0.2, -0.15) is 0 Å². The zero-order valence-corrected chi connectivity index (χ0v) is 17.8. The molecule has 0 unspecified atom stereocenters. The Kier molecular flexibility index (Phi) is 7.25. The molecular formula is C23H23FN2O4S. The molecule has 31 heavy (non-hydrogen) atoms. The quantitative estimate of drug-likeness (QED) is 0.491. The van der Waals surface area contributed by atoms with Gasteiger partial charge in [0.1, 0.15) is 11.6 Å². The first-order valence-corrected chi connectivity index (χ1v) is 11.2. The molecular weight excluding hydrogens is 419 g/mol. The first kappa shape index (κ1) is 22.3. The topological polar surface area (TPSA) is 84.5 Å². The Morgan fingerprint density at radius 2 is 1.58 bits per heavy atom. The van der Waals surface area contributed by atoms with E-state index in [9.17, 15) is 17.6 Å². The normalized spacial score (nSPS) is 11.0. The lowest BCUT2D eigenvalue weighted by Crippen LogP contribution is -2.24. The number of anilines is 1. The fourth-order valence-electron chi connectivity index (χ4n) is 2.91. The molecule has 8 heteroatoms. The van der Waals surface area contributed by atoms with Crippen LogP contribution in [0.25, 0.3) is 0 Å². The molecule has 0 aromatic heterocycles. The number of hydrogen-bond acceptors (Lipinski definition) is 4. The number of rotatable bonds is 9. The molecule has 3 rings (SSSR count). The van der Waals surface area contributed by atoms with Crippen LogP contribution < -0.4 is 14.8 Å². The number of halogens is 1. The highest BCUT2D eigenvalue weighted by Gasteiger charge is 2.14. The predicted octanol–water partition coefficient (Wildman–Crippen LogP) is 4.00. The SMILES string of the molecule is COc1ccc(S(=O)(=O)Nc2ccc(C(=O)NCCCc3ccc(F)cc3)cc2)cc1. The van der Waals surface area contributed by atoms with Crippen molar-refractivity contribution in [3.63, 3.8) is 0 Å². The van der Waals surface area contributed by atoms with Crippen LogP contribution in [0.1, 0.15) is 22.3 Å². The van der Waals surface area contributed by atoms with Crippen molar-refractivity contribution in [2.75, 3.05) is 18.4 Å². The molecule has 0 heterocycles. The highest BCUT2D eigenvalue weighted by molar-refractivity contribution is 7.92. The highest BCUT2D eigenvalue weighted by Crippen LogP contribution is 2.19. The van der Waals surface area contributed by atoms with Crippen molar-refractivity contribution in [2.45, 2.75) is 17.7 Å². The number of carbonyl (C=O) groups is 1. The lowest BCUT2D eigenvalue weighted by molar-refractivity contribution is 0.0953. The third-order valence-electron chi connectivity index (χ3n) is 4.61. The van der Waals surface area contributed by atoms with E-state index >= 15 is 0 Å². The molecule has 0 aliphatic carbocycles. The summed E-state index contributed by atoms with van der Waals surface area (Å²) in [5.74, 6) is 0.0439. The van der Waals surface area contributed by atoms with E-state index in [1.807, 2.05) is 0 Å². The summed E-state index contributed by atoms with van der Waals surface area (Å²) >= 11 is 0. The molecule has 0 saturated carbocycles. The minimum absolute atomic E-state index is 0.108.